The van der Waals surface area contributed by atoms with Crippen LogP contribution in [-0.2, 0) is 9.53 Å². The van der Waals surface area contributed by atoms with Crippen molar-refractivity contribution < 1.29 is 23.5 Å². The zero-order valence-corrected chi connectivity index (χ0v) is 14.2. The number of carbonyl (C=O) groups is 2. The van der Waals surface area contributed by atoms with Crippen LogP contribution in [0.1, 0.15) is 10.4 Å². The number of nitrogens with one attached hydrogen (secondary N) is 1. The van der Waals surface area contributed by atoms with E-state index in [0.717, 1.165) is 0 Å². The van der Waals surface area contributed by atoms with Gasteiger partial charge in [-0.3, -0.25) is 4.79 Å². The van der Waals surface area contributed by atoms with E-state index in [1.165, 1.54) is 24.3 Å². The third-order valence-corrected chi connectivity index (χ3v) is 3.51. The number of anilines is 1. The number of hydrogen-bond donors (Lipinski definition) is 1. The quantitative estimate of drug-likeness (QED) is 0.657. The Bertz CT molecular complexity index is 926. The van der Waals surface area contributed by atoms with E-state index in [2.05, 4.69) is 5.32 Å². The van der Waals surface area contributed by atoms with Crippen LogP contribution in [0.2, 0.25) is 0 Å². The average Bonchev–Trinajstić information content (AvgIpc) is 2.67. The lowest BCUT2D eigenvalue weighted by Gasteiger charge is -2.08. The standard InChI is InChI=1S/C21H16FNO4/c22-16-5-4-6-17(13-16)23-20(24)14-26-21(25)15-9-11-19(12-10-15)27-18-7-2-1-3-8-18/h1-13H,14H2,(H,23,24). The second-order valence-corrected chi connectivity index (χ2v) is 5.57. The molecule has 0 atom stereocenters. The largest absolute Gasteiger partial charge is 0.457 e. The first kappa shape index (κ1) is 18.1. The normalized spacial score (nSPS) is 10.1. The fourth-order valence-electron chi connectivity index (χ4n) is 2.26. The third kappa shape index (κ3) is 5.40. The minimum Gasteiger partial charge on any atom is -0.457 e. The number of ether oxygens (including phenoxy) is 2. The van der Waals surface area contributed by atoms with Crippen molar-refractivity contribution in [3.63, 3.8) is 0 Å². The topological polar surface area (TPSA) is 64.6 Å². The highest BCUT2D eigenvalue weighted by Gasteiger charge is 2.11. The maximum atomic E-state index is 13.1. The summed E-state index contributed by atoms with van der Waals surface area (Å²) in [6, 6.07) is 21.0. The fourth-order valence-corrected chi connectivity index (χ4v) is 2.26. The number of esters is 1. The number of benzene rings is 3. The number of halogens is 1. The van der Waals surface area contributed by atoms with Gasteiger partial charge in [-0.25, -0.2) is 9.18 Å². The number of para-hydroxylation sites is 1. The first-order valence-corrected chi connectivity index (χ1v) is 8.16. The van der Waals surface area contributed by atoms with Crippen molar-refractivity contribution in [3.05, 3.63) is 90.2 Å². The summed E-state index contributed by atoms with van der Waals surface area (Å²) in [5.74, 6) is -0.417. The summed E-state index contributed by atoms with van der Waals surface area (Å²) in [7, 11) is 0. The molecule has 3 aromatic rings. The molecule has 0 aromatic heterocycles. The summed E-state index contributed by atoms with van der Waals surface area (Å²) in [4.78, 5) is 23.8. The van der Waals surface area contributed by atoms with Gasteiger partial charge >= 0.3 is 5.97 Å². The van der Waals surface area contributed by atoms with Crippen LogP contribution in [-0.4, -0.2) is 18.5 Å². The van der Waals surface area contributed by atoms with E-state index in [1.807, 2.05) is 30.3 Å². The molecule has 0 radical (unpaired) electrons. The molecule has 3 rings (SSSR count). The summed E-state index contributed by atoms with van der Waals surface area (Å²) < 4.78 is 23.7. The molecule has 1 N–H and O–H groups in total. The van der Waals surface area contributed by atoms with Gasteiger partial charge in [0.05, 0.1) is 5.56 Å². The molecule has 0 heterocycles. The highest BCUT2D eigenvalue weighted by Crippen LogP contribution is 2.21. The van der Waals surface area contributed by atoms with Gasteiger partial charge in [0.1, 0.15) is 17.3 Å². The van der Waals surface area contributed by atoms with Crippen LogP contribution in [0.25, 0.3) is 0 Å². The fraction of sp³-hybridized carbons (Fsp3) is 0.0476. The van der Waals surface area contributed by atoms with Gasteiger partial charge in [-0.2, -0.15) is 0 Å². The van der Waals surface area contributed by atoms with Crippen molar-refractivity contribution in [3.8, 4) is 11.5 Å². The van der Waals surface area contributed by atoms with E-state index in [-0.39, 0.29) is 5.56 Å². The first-order chi connectivity index (χ1) is 13.1. The maximum Gasteiger partial charge on any atom is 0.338 e. The van der Waals surface area contributed by atoms with Crippen molar-refractivity contribution in [2.75, 3.05) is 11.9 Å². The van der Waals surface area contributed by atoms with Crippen molar-refractivity contribution in [2.24, 2.45) is 0 Å². The van der Waals surface area contributed by atoms with Crippen LogP contribution in [0.4, 0.5) is 10.1 Å². The smallest absolute Gasteiger partial charge is 0.338 e. The Morgan fingerprint density at radius 2 is 1.56 bits per heavy atom. The summed E-state index contributed by atoms with van der Waals surface area (Å²) in [5.41, 5.74) is 0.576. The molecule has 0 fully saturated rings. The van der Waals surface area contributed by atoms with Gasteiger partial charge in [-0.15, -0.1) is 0 Å². The average molecular weight is 365 g/mol. The maximum absolute atomic E-state index is 13.1. The molecule has 0 unspecified atom stereocenters. The summed E-state index contributed by atoms with van der Waals surface area (Å²) in [5, 5.41) is 2.45. The van der Waals surface area contributed by atoms with Gasteiger partial charge in [-0.05, 0) is 54.6 Å². The van der Waals surface area contributed by atoms with E-state index in [0.29, 0.717) is 17.2 Å². The van der Waals surface area contributed by atoms with Gasteiger partial charge in [-0.1, -0.05) is 24.3 Å². The predicted molar refractivity (Wildman–Crippen MR) is 98.3 cm³/mol. The highest BCUT2D eigenvalue weighted by atomic mass is 19.1. The zero-order chi connectivity index (χ0) is 19.1. The van der Waals surface area contributed by atoms with E-state index >= 15 is 0 Å². The van der Waals surface area contributed by atoms with Crippen LogP contribution in [0.3, 0.4) is 0 Å². The lowest BCUT2D eigenvalue weighted by molar-refractivity contribution is -0.119. The van der Waals surface area contributed by atoms with Crippen LogP contribution in [0.5, 0.6) is 11.5 Å². The Morgan fingerprint density at radius 3 is 2.26 bits per heavy atom. The Labute approximate surface area is 155 Å². The second-order valence-electron chi connectivity index (χ2n) is 5.57. The molecule has 6 heteroatoms. The second kappa shape index (κ2) is 8.62. The molecule has 27 heavy (non-hydrogen) atoms. The van der Waals surface area contributed by atoms with Gasteiger partial charge in [0, 0.05) is 5.69 Å². The Balaban J connectivity index is 1.51. The van der Waals surface area contributed by atoms with E-state index < -0.39 is 24.3 Å². The summed E-state index contributed by atoms with van der Waals surface area (Å²) in [6.07, 6.45) is 0. The molecule has 5 nitrogen and oxygen atoms in total. The molecular formula is C21H16FNO4. The summed E-state index contributed by atoms with van der Waals surface area (Å²) >= 11 is 0. The molecule has 0 saturated heterocycles. The molecule has 0 aliphatic rings. The van der Waals surface area contributed by atoms with Crippen molar-refractivity contribution in [2.45, 2.75) is 0 Å². The number of hydrogen-bond acceptors (Lipinski definition) is 4. The molecule has 0 saturated carbocycles. The molecule has 0 aliphatic carbocycles. The minimum absolute atomic E-state index is 0.286. The van der Waals surface area contributed by atoms with E-state index in [4.69, 9.17) is 9.47 Å². The minimum atomic E-state index is -0.643. The molecule has 1 amide bonds. The van der Waals surface area contributed by atoms with Crippen LogP contribution in [0, 0.1) is 5.82 Å². The third-order valence-electron chi connectivity index (χ3n) is 3.51. The van der Waals surface area contributed by atoms with Gasteiger partial charge in [0.25, 0.3) is 5.91 Å². The number of amides is 1. The lowest BCUT2D eigenvalue weighted by Crippen LogP contribution is -2.20. The number of rotatable bonds is 6. The molecule has 136 valence electrons. The summed E-state index contributed by atoms with van der Waals surface area (Å²) in [6.45, 7) is -0.475. The highest BCUT2D eigenvalue weighted by molar-refractivity contribution is 5.95. The van der Waals surface area contributed by atoms with Crippen molar-refractivity contribution >= 4 is 17.6 Å². The number of carbonyl (C=O) groups excluding carboxylic acids is 2. The predicted octanol–water partition coefficient (Wildman–Crippen LogP) is 4.41. The van der Waals surface area contributed by atoms with Gasteiger partial charge in [0.2, 0.25) is 0 Å². The molecule has 0 aliphatic heterocycles. The van der Waals surface area contributed by atoms with Crippen molar-refractivity contribution in [1.82, 2.24) is 0 Å². The molecule has 0 spiro atoms. The van der Waals surface area contributed by atoms with Crippen LogP contribution < -0.4 is 10.1 Å². The van der Waals surface area contributed by atoms with E-state index in [9.17, 15) is 14.0 Å². The molecule has 3 aromatic carbocycles. The monoisotopic (exact) mass is 365 g/mol. The Morgan fingerprint density at radius 1 is 0.852 bits per heavy atom. The molecule has 0 bridgehead atoms. The SMILES string of the molecule is O=C(COC(=O)c1ccc(Oc2ccccc2)cc1)Nc1cccc(F)c1. The first-order valence-electron chi connectivity index (χ1n) is 8.16. The zero-order valence-electron chi connectivity index (χ0n) is 14.2. The Hall–Kier alpha value is -3.67. The lowest BCUT2D eigenvalue weighted by atomic mass is 10.2. The van der Waals surface area contributed by atoms with Crippen molar-refractivity contribution in [1.29, 1.82) is 0 Å². The molecular weight excluding hydrogens is 349 g/mol. The van der Waals surface area contributed by atoms with E-state index in [1.54, 1.807) is 24.3 Å². The van der Waals surface area contributed by atoms with Crippen LogP contribution in [0.15, 0.2) is 78.9 Å². The van der Waals surface area contributed by atoms with Crippen LogP contribution >= 0.6 is 0 Å². The Kier molecular flexibility index (Phi) is 5.79. The van der Waals surface area contributed by atoms with Gasteiger partial charge in [0.15, 0.2) is 6.61 Å². The van der Waals surface area contributed by atoms with Gasteiger partial charge < -0.3 is 14.8 Å².